The van der Waals surface area contributed by atoms with Crippen LogP contribution in [0.5, 0.6) is 5.75 Å². The van der Waals surface area contributed by atoms with Crippen LogP contribution in [0, 0.1) is 0 Å². The fourth-order valence-corrected chi connectivity index (χ4v) is 2.99. The Labute approximate surface area is 176 Å². The average Bonchev–Trinajstić information content (AvgIpc) is 2.77. The van der Waals surface area contributed by atoms with Crippen molar-refractivity contribution in [1.82, 2.24) is 4.98 Å². The molecule has 2 N–H and O–H groups in total. The number of ether oxygens (including phenoxy) is 1. The van der Waals surface area contributed by atoms with Crippen molar-refractivity contribution in [1.29, 1.82) is 0 Å². The number of pyridine rings is 1. The van der Waals surface area contributed by atoms with Gasteiger partial charge in [0.2, 0.25) is 0 Å². The van der Waals surface area contributed by atoms with Gasteiger partial charge in [-0.3, -0.25) is 9.78 Å². The number of para-hydroxylation sites is 3. The van der Waals surface area contributed by atoms with Crippen molar-refractivity contribution in [3.8, 4) is 5.75 Å². The van der Waals surface area contributed by atoms with E-state index in [1.165, 1.54) is 0 Å². The molecule has 3 rings (SSSR count). The molecule has 6 heteroatoms. The highest BCUT2D eigenvalue weighted by molar-refractivity contribution is 6.17. The number of unbranched alkanes of at least 4 members (excludes halogenated alkanes) is 1. The summed E-state index contributed by atoms with van der Waals surface area (Å²) in [7, 11) is 0. The maximum absolute atomic E-state index is 12.5. The predicted octanol–water partition coefficient (Wildman–Crippen LogP) is 5.34. The number of alkyl halides is 1. The third-order valence-corrected chi connectivity index (χ3v) is 4.61. The molecule has 1 heterocycles. The second-order valence-electron chi connectivity index (χ2n) is 6.44. The van der Waals surface area contributed by atoms with Gasteiger partial charge < -0.3 is 15.4 Å². The number of aromatic nitrogens is 1. The van der Waals surface area contributed by atoms with Crippen LogP contribution in [-0.2, 0) is 6.54 Å². The van der Waals surface area contributed by atoms with Gasteiger partial charge in [0, 0.05) is 35.9 Å². The van der Waals surface area contributed by atoms with E-state index in [1.807, 2.05) is 48.5 Å². The molecular weight excluding hydrogens is 386 g/mol. The highest BCUT2D eigenvalue weighted by atomic mass is 35.5. The molecule has 0 spiro atoms. The van der Waals surface area contributed by atoms with Crippen LogP contribution in [-0.4, -0.2) is 23.4 Å². The maximum Gasteiger partial charge on any atom is 0.255 e. The molecule has 0 fully saturated rings. The van der Waals surface area contributed by atoms with Crippen molar-refractivity contribution in [3.05, 3.63) is 84.2 Å². The van der Waals surface area contributed by atoms with Gasteiger partial charge in [0.15, 0.2) is 0 Å². The first kappa shape index (κ1) is 20.7. The first-order chi connectivity index (χ1) is 14.3. The molecule has 5 nitrogen and oxygen atoms in total. The number of carbonyl (C=O) groups is 1. The molecule has 0 radical (unpaired) electrons. The average molecular weight is 410 g/mol. The number of benzene rings is 2. The van der Waals surface area contributed by atoms with E-state index in [9.17, 15) is 4.79 Å². The van der Waals surface area contributed by atoms with Crippen molar-refractivity contribution in [2.75, 3.05) is 23.1 Å². The summed E-state index contributed by atoms with van der Waals surface area (Å²) in [6.45, 7) is 1.22. The third-order valence-electron chi connectivity index (χ3n) is 4.35. The zero-order valence-electron chi connectivity index (χ0n) is 16.1. The van der Waals surface area contributed by atoms with Crippen LogP contribution < -0.4 is 15.4 Å². The van der Waals surface area contributed by atoms with Gasteiger partial charge in [-0.1, -0.05) is 30.3 Å². The molecule has 0 saturated heterocycles. The molecular formula is C23H24ClN3O2. The lowest BCUT2D eigenvalue weighted by Crippen LogP contribution is -2.14. The van der Waals surface area contributed by atoms with Crippen LogP contribution in [0.25, 0.3) is 0 Å². The molecule has 0 aliphatic carbocycles. The van der Waals surface area contributed by atoms with Crippen LogP contribution >= 0.6 is 11.6 Å². The highest BCUT2D eigenvalue weighted by Crippen LogP contribution is 2.25. The number of amides is 1. The number of anilines is 2. The van der Waals surface area contributed by atoms with Gasteiger partial charge in [0.05, 0.1) is 18.0 Å². The van der Waals surface area contributed by atoms with E-state index in [4.69, 9.17) is 16.3 Å². The normalized spacial score (nSPS) is 10.4. The van der Waals surface area contributed by atoms with E-state index in [-0.39, 0.29) is 5.91 Å². The Morgan fingerprint density at radius 1 is 0.931 bits per heavy atom. The van der Waals surface area contributed by atoms with Gasteiger partial charge in [-0.05, 0) is 43.2 Å². The minimum Gasteiger partial charge on any atom is -0.493 e. The topological polar surface area (TPSA) is 63.2 Å². The number of carbonyl (C=O) groups excluding carboxylic acids is 1. The molecule has 1 aromatic heterocycles. The number of nitrogens with zero attached hydrogens (tertiary/aromatic N) is 1. The highest BCUT2D eigenvalue weighted by Gasteiger charge is 2.09. The van der Waals surface area contributed by atoms with E-state index in [1.54, 1.807) is 24.5 Å². The summed E-state index contributed by atoms with van der Waals surface area (Å²) in [6.07, 6.45) is 5.06. The fourth-order valence-electron chi connectivity index (χ4n) is 2.80. The summed E-state index contributed by atoms with van der Waals surface area (Å²) in [6, 6.07) is 18.9. The first-order valence-corrected chi connectivity index (χ1v) is 10.1. The van der Waals surface area contributed by atoms with Crippen molar-refractivity contribution < 1.29 is 9.53 Å². The Balaban J connectivity index is 1.65. The summed E-state index contributed by atoms with van der Waals surface area (Å²) in [5.74, 6) is 1.33. The molecule has 0 aliphatic heterocycles. The van der Waals surface area contributed by atoms with Gasteiger partial charge in [-0.25, -0.2) is 0 Å². The predicted molar refractivity (Wildman–Crippen MR) is 118 cm³/mol. The number of nitrogens with one attached hydrogen (secondary N) is 2. The summed E-state index contributed by atoms with van der Waals surface area (Å²) >= 11 is 5.72. The van der Waals surface area contributed by atoms with Gasteiger partial charge in [0.25, 0.3) is 5.91 Å². The largest absolute Gasteiger partial charge is 0.493 e. The van der Waals surface area contributed by atoms with Crippen LogP contribution in [0.15, 0.2) is 73.1 Å². The van der Waals surface area contributed by atoms with Crippen molar-refractivity contribution >= 4 is 28.9 Å². The standard InChI is InChI=1S/C23H24ClN3O2/c24-13-5-6-16-29-22-10-4-1-7-19(22)17-26-20-8-2-3-9-21(20)27-23(28)18-11-14-25-15-12-18/h1-4,7-12,14-15,26H,5-6,13,16-17H2,(H,27,28). The fraction of sp³-hybridized carbons (Fsp3) is 0.217. The second kappa shape index (κ2) is 11.1. The van der Waals surface area contributed by atoms with E-state index < -0.39 is 0 Å². The third kappa shape index (κ3) is 6.22. The molecule has 0 aliphatic rings. The van der Waals surface area contributed by atoms with Crippen molar-refractivity contribution in [2.45, 2.75) is 19.4 Å². The van der Waals surface area contributed by atoms with E-state index in [2.05, 4.69) is 15.6 Å². The van der Waals surface area contributed by atoms with Gasteiger partial charge >= 0.3 is 0 Å². The van der Waals surface area contributed by atoms with Crippen LogP contribution in [0.2, 0.25) is 0 Å². The molecule has 0 unspecified atom stereocenters. The van der Waals surface area contributed by atoms with Gasteiger partial charge in [0.1, 0.15) is 5.75 Å². The lowest BCUT2D eigenvalue weighted by atomic mass is 10.2. The summed E-state index contributed by atoms with van der Waals surface area (Å²) in [4.78, 5) is 16.4. The Morgan fingerprint density at radius 2 is 1.66 bits per heavy atom. The minimum absolute atomic E-state index is 0.176. The lowest BCUT2D eigenvalue weighted by Gasteiger charge is -2.15. The van der Waals surface area contributed by atoms with Crippen LogP contribution in [0.4, 0.5) is 11.4 Å². The molecule has 29 heavy (non-hydrogen) atoms. The maximum atomic E-state index is 12.5. The van der Waals surface area contributed by atoms with E-state index >= 15 is 0 Å². The van der Waals surface area contributed by atoms with E-state index in [0.717, 1.165) is 35.5 Å². The molecule has 2 aromatic carbocycles. The first-order valence-electron chi connectivity index (χ1n) is 9.59. The smallest absolute Gasteiger partial charge is 0.255 e. The Kier molecular flexibility index (Phi) is 7.90. The zero-order chi connectivity index (χ0) is 20.3. The monoisotopic (exact) mass is 409 g/mol. The van der Waals surface area contributed by atoms with Crippen LogP contribution in [0.1, 0.15) is 28.8 Å². The molecule has 1 amide bonds. The Hall–Kier alpha value is -3.05. The molecule has 150 valence electrons. The summed E-state index contributed by atoms with van der Waals surface area (Å²) < 4.78 is 5.91. The van der Waals surface area contributed by atoms with Crippen LogP contribution in [0.3, 0.4) is 0 Å². The number of hydrogen-bond acceptors (Lipinski definition) is 4. The number of rotatable bonds is 10. The quantitative estimate of drug-likeness (QED) is 0.350. The molecule has 3 aromatic rings. The van der Waals surface area contributed by atoms with Crippen molar-refractivity contribution in [2.24, 2.45) is 0 Å². The molecule has 0 bridgehead atoms. The number of halogens is 1. The summed E-state index contributed by atoms with van der Waals surface area (Å²) in [5.41, 5.74) is 3.17. The van der Waals surface area contributed by atoms with E-state index in [0.29, 0.717) is 24.6 Å². The molecule has 0 atom stereocenters. The summed E-state index contributed by atoms with van der Waals surface area (Å²) in [5, 5.41) is 6.35. The van der Waals surface area contributed by atoms with Gasteiger partial charge in [-0.2, -0.15) is 0 Å². The minimum atomic E-state index is -0.176. The Morgan fingerprint density at radius 3 is 2.45 bits per heavy atom. The van der Waals surface area contributed by atoms with Crippen molar-refractivity contribution in [3.63, 3.8) is 0 Å². The second-order valence-corrected chi connectivity index (χ2v) is 6.82. The SMILES string of the molecule is O=C(Nc1ccccc1NCc1ccccc1OCCCCCl)c1ccncc1. The molecule has 0 saturated carbocycles. The Bertz CT molecular complexity index is 919. The van der Waals surface area contributed by atoms with Gasteiger partial charge in [-0.15, -0.1) is 11.6 Å². The number of hydrogen-bond donors (Lipinski definition) is 2. The zero-order valence-corrected chi connectivity index (χ0v) is 16.9. The lowest BCUT2D eigenvalue weighted by molar-refractivity contribution is 0.102.